The van der Waals surface area contributed by atoms with Crippen LogP contribution in [0.2, 0.25) is 0 Å². The van der Waals surface area contributed by atoms with Gasteiger partial charge in [0, 0.05) is 10.7 Å². The summed E-state index contributed by atoms with van der Waals surface area (Å²) in [7, 11) is 1.69. The van der Waals surface area contributed by atoms with Gasteiger partial charge in [-0.3, -0.25) is 4.79 Å². The highest BCUT2D eigenvalue weighted by molar-refractivity contribution is 8.12. The molecule has 0 N–H and O–H groups in total. The molecule has 1 saturated heterocycles. The molecule has 24 heavy (non-hydrogen) atoms. The Morgan fingerprint density at radius 2 is 1.50 bits per heavy atom. The van der Waals surface area contributed by atoms with E-state index in [1.165, 1.54) is 6.42 Å². The molecule has 5 aliphatic rings. The molecule has 0 aromatic heterocycles. The molecule has 1 spiro atoms. The van der Waals surface area contributed by atoms with Crippen LogP contribution >= 0.6 is 10.7 Å². The summed E-state index contributed by atoms with van der Waals surface area (Å²) in [6.45, 7) is 0. The van der Waals surface area contributed by atoms with E-state index in [1.54, 1.807) is 0 Å². The molecule has 1 amide bonds. The molecule has 4 saturated carbocycles. The SMILES string of the molecule is O=C1C(c2ccccc2)C2(C3CC4CC(C3)CC2C4)N1S(=O)(=O)Cl. The topological polar surface area (TPSA) is 54.5 Å². The van der Waals surface area contributed by atoms with Crippen molar-refractivity contribution in [2.45, 2.75) is 43.6 Å². The molecular weight excluding hydrogens is 346 g/mol. The summed E-state index contributed by atoms with van der Waals surface area (Å²) < 4.78 is 25.6. The molecule has 1 heterocycles. The van der Waals surface area contributed by atoms with Crippen molar-refractivity contribution >= 4 is 25.8 Å². The summed E-state index contributed by atoms with van der Waals surface area (Å²) in [4.78, 5) is 12.9. The minimum absolute atomic E-state index is 0.255. The third-order valence-electron chi connectivity index (χ3n) is 7.06. The van der Waals surface area contributed by atoms with Gasteiger partial charge in [0.05, 0.1) is 11.5 Å². The number of rotatable bonds is 2. The number of amides is 1. The van der Waals surface area contributed by atoms with Crippen molar-refractivity contribution in [2.75, 3.05) is 0 Å². The largest absolute Gasteiger partial charge is 0.324 e. The Morgan fingerprint density at radius 1 is 0.958 bits per heavy atom. The summed E-state index contributed by atoms with van der Waals surface area (Å²) in [6.07, 6.45) is 5.42. The summed E-state index contributed by atoms with van der Waals surface area (Å²) in [6, 6.07) is 9.67. The normalized spacial score (nSPS) is 43.3. The van der Waals surface area contributed by atoms with Gasteiger partial charge in [0.25, 0.3) is 0 Å². The molecule has 1 aromatic rings. The van der Waals surface area contributed by atoms with Crippen molar-refractivity contribution in [3.05, 3.63) is 35.9 Å². The number of hydrogen-bond donors (Lipinski definition) is 0. The van der Waals surface area contributed by atoms with Gasteiger partial charge in [0.2, 0.25) is 5.91 Å². The predicted molar refractivity (Wildman–Crippen MR) is 90.6 cm³/mol. The van der Waals surface area contributed by atoms with Crippen LogP contribution in [0.1, 0.15) is 43.6 Å². The molecule has 1 aromatic carbocycles. The first-order valence-electron chi connectivity index (χ1n) is 8.76. The van der Waals surface area contributed by atoms with E-state index in [0.717, 1.165) is 35.6 Å². The van der Waals surface area contributed by atoms with Crippen LogP contribution in [0.4, 0.5) is 0 Å². The number of halogens is 1. The molecular formula is C18H20ClNO3S. The number of hydrogen-bond acceptors (Lipinski definition) is 3. The van der Waals surface area contributed by atoms with E-state index >= 15 is 0 Å². The minimum Gasteiger partial charge on any atom is -0.273 e. The van der Waals surface area contributed by atoms with Gasteiger partial charge in [0.15, 0.2) is 0 Å². The molecule has 4 bridgehead atoms. The molecule has 1 atom stereocenters. The smallest absolute Gasteiger partial charge is 0.273 e. The van der Waals surface area contributed by atoms with Crippen LogP contribution in [0.3, 0.4) is 0 Å². The predicted octanol–water partition coefficient (Wildman–Crippen LogP) is 3.29. The molecule has 6 heteroatoms. The molecule has 4 aliphatic carbocycles. The average molecular weight is 366 g/mol. The van der Waals surface area contributed by atoms with Crippen molar-refractivity contribution in [3.63, 3.8) is 0 Å². The van der Waals surface area contributed by atoms with E-state index in [1.807, 2.05) is 30.3 Å². The highest BCUT2D eigenvalue weighted by Gasteiger charge is 2.74. The second kappa shape index (κ2) is 4.76. The second-order valence-electron chi connectivity index (χ2n) is 8.08. The Hall–Kier alpha value is -1.07. The monoisotopic (exact) mass is 365 g/mol. The molecule has 128 valence electrons. The molecule has 0 radical (unpaired) electrons. The summed E-state index contributed by atoms with van der Waals surface area (Å²) in [5.41, 5.74) is 0.318. The first kappa shape index (κ1) is 15.2. The highest BCUT2D eigenvalue weighted by Crippen LogP contribution is 2.68. The van der Waals surface area contributed by atoms with Crippen molar-refractivity contribution in [1.82, 2.24) is 4.31 Å². The van der Waals surface area contributed by atoms with Gasteiger partial charge in [-0.25, -0.2) is 4.31 Å². The van der Waals surface area contributed by atoms with Gasteiger partial charge in [-0.1, -0.05) is 30.3 Å². The fraction of sp³-hybridized carbons (Fsp3) is 0.611. The fourth-order valence-electron chi connectivity index (χ4n) is 6.65. The zero-order valence-corrected chi connectivity index (χ0v) is 14.8. The lowest BCUT2D eigenvalue weighted by Crippen LogP contribution is -2.79. The lowest BCUT2D eigenvalue weighted by molar-refractivity contribution is -0.188. The quantitative estimate of drug-likeness (QED) is 0.597. The molecule has 6 rings (SSSR count). The van der Waals surface area contributed by atoms with Crippen LogP contribution in [0.25, 0.3) is 0 Å². The first-order valence-corrected chi connectivity index (χ1v) is 11.0. The van der Waals surface area contributed by atoms with Crippen LogP contribution in [0.15, 0.2) is 30.3 Å². The van der Waals surface area contributed by atoms with Crippen LogP contribution in [-0.4, -0.2) is 24.2 Å². The average Bonchev–Trinajstić information content (AvgIpc) is 2.49. The number of carbonyl (C=O) groups excluding carboxylic acids is 1. The zero-order chi connectivity index (χ0) is 16.7. The molecule has 4 nitrogen and oxygen atoms in total. The zero-order valence-electron chi connectivity index (χ0n) is 13.3. The van der Waals surface area contributed by atoms with E-state index in [0.29, 0.717) is 11.8 Å². The Bertz CT molecular complexity index is 779. The van der Waals surface area contributed by atoms with E-state index in [4.69, 9.17) is 10.7 Å². The van der Waals surface area contributed by atoms with E-state index < -0.39 is 14.8 Å². The van der Waals surface area contributed by atoms with Gasteiger partial charge in [-0.2, -0.15) is 8.42 Å². The van der Waals surface area contributed by atoms with Gasteiger partial charge in [-0.15, -0.1) is 0 Å². The Balaban J connectivity index is 1.68. The van der Waals surface area contributed by atoms with Gasteiger partial charge in [0.1, 0.15) is 0 Å². The maximum Gasteiger partial charge on any atom is 0.324 e. The van der Waals surface area contributed by atoms with Crippen molar-refractivity contribution < 1.29 is 13.2 Å². The van der Waals surface area contributed by atoms with E-state index in [2.05, 4.69) is 0 Å². The summed E-state index contributed by atoms with van der Waals surface area (Å²) in [5, 5.41) is 0. The van der Waals surface area contributed by atoms with E-state index in [-0.39, 0.29) is 23.7 Å². The van der Waals surface area contributed by atoms with Gasteiger partial charge in [-0.05, 0) is 61.3 Å². The number of β-lactam (4-membered cyclic amide) rings is 1. The summed E-state index contributed by atoms with van der Waals surface area (Å²) in [5.74, 6) is 1.21. The minimum atomic E-state index is -4.05. The maximum atomic E-state index is 12.9. The Morgan fingerprint density at radius 3 is 2.00 bits per heavy atom. The van der Waals surface area contributed by atoms with Crippen LogP contribution in [0, 0.1) is 23.7 Å². The van der Waals surface area contributed by atoms with Crippen LogP contribution in [0.5, 0.6) is 0 Å². The highest BCUT2D eigenvalue weighted by atomic mass is 35.7. The molecule has 5 fully saturated rings. The third kappa shape index (κ3) is 1.75. The maximum absolute atomic E-state index is 12.9. The first-order chi connectivity index (χ1) is 11.4. The molecule has 1 aliphatic heterocycles. The second-order valence-corrected chi connectivity index (χ2v) is 10.4. The van der Waals surface area contributed by atoms with Gasteiger partial charge < -0.3 is 0 Å². The fourth-order valence-corrected chi connectivity index (χ4v) is 8.31. The van der Waals surface area contributed by atoms with Crippen LogP contribution in [-0.2, 0) is 14.0 Å². The Kier molecular flexibility index (Phi) is 3.02. The summed E-state index contributed by atoms with van der Waals surface area (Å²) >= 11 is 0. The standard InChI is InChI=1S/C18H20ClNO3S/c19-24(22,23)20-17(21)16(13-4-2-1-3-5-13)18(20)14-7-11-6-12(9-14)10-15(18)8-11/h1-5,11-12,14-16H,6-10H2. The van der Waals surface area contributed by atoms with Crippen molar-refractivity contribution in [3.8, 4) is 0 Å². The van der Waals surface area contributed by atoms with Crippen molar-refractivity contribution in [2.24, 2.45) is 23.7 Å². The van der Waals surface area contributed by atoms with Crippen LogP contribution < -0.4 is 0 Å². The lowest BCUT2D eigenvalue weighted by Gasteiger charge is -2.70. The third-order valence-corrected chi connectivity index (χ3v) is 8.40. The Labute approximate surface area is 146 Å². The number of nitrogens with zero attached hydrogens (tertiary/aromatic N) is 1. The number of benzene rings is 1. The number of carbonyl (C=O) groups is 1. The van der Waals surface area contributed by atoms with Gasteiger partial charge >= 0.3 is 9.24 Å². The van der Waals surface area contributed by atoms with E-state index in [9.17, 15) is 13.2 Å². The lowest BCUT2D eigenvalue weighted by atomic mass is 9.43. The molecule has 1 unspecified atom stereocenters. The van der Waals surface area contributed by atoms with Crippen molar-refractivity contribution in [1.29, 1.82) is 0 Å².